The van der Waals surface area contributed by atoms with Gasteiger partial charge in [0.15, 0.2) is 0 Å². The Morgan fingerprint density at radius 2 is 2.14 bits per heavy atom. The number of hydrogen-bond donors (Lipinski definition) is 3. The van der Waals surface area contributed by atoms with Gasteiger partial charge in [-0.2, -0.15) is 5.10 Å². The summed E-state index contributed by atoms with van der Waals surface area (Å²) >= 11 is 0. The third-order valence-electron chi connectivity index (χ3n) is 2.83. The Labute approximate surface area is 120 Å². The van der Waals surface area contributed by atoms with Gasteiger partial charge in [0.25, 0.3) is 0 Å². The van der Waals surface area contributed by atoms with E-state index in [1.807, 2.05) is 13.1 Å². The van der Waals surface area contributed by atoms with Crippen molar-refractivity contribution in [3.63, 3.8) is 0 Å². The van der Waals surface area contributed by atoms with Crippen molar-refractivity contribution in [1.82, 2.24) is 20.1 Å². The maximum atomic E-state index is 11.7. The molecule has 0 bridgehead atoms. The SMILES string of the molecule is Cn1nccc1CCNC(=O)Nc1ccc(C(=O)O)nc1. The van der Waals surface area contributed by atoms with Crippen molar-refractivity contribution < 1.29 is 14.7 Å². The van der Waals surface area contributed by atoms with Crippen molar-refractivity contribution in [3.8, 4) is 0 Å². The monoisotopic (exact) mass is 289 g/mol. The molecule has 0 aliphatic carbocycles. The zero-order chi connectivity index (χ0) is 15.2. The standard InChI is InChI=1S/C13H15N5O3/c1-18-10(5-7-16-18)4-6-14-13(21)17-9-2-3-11(12(19)20)15-8-9/h2-3,5,7-8H,4,6H2,1H3,(H,19,20)(H2,14,17,21). The molecule has 0 saturated heterocycles. The molecule has 0 radical (unpaired) electrons. The number of urea groups is 1. The highest BCUT2D eigenvalue weighted by Crippen LogP contribution is 2.05. The fourth-order valence-electron chi connectivity index (χ4n) is 1.72. The molecule has 0 atom stereocenters. The number of carbonyl (C=O) groups excluding carboxylic acids is 1. The smallest absolute Gasteiger partial charge is 0.354 e. The number of nitrogens with one attached hydrogen (secondary N) is 2. The van der Waals surface area contributed by atoms with Crippen LogP contribution in [0.3, 0.4) is 0 Å². The number of pyridine rings is 1. The third kappa shape index (κ3) is 4.03. The molecule has 0 saturated carbocycles. The molecule has 8 nitrogen and oxygen atoms in total. The molecule has 110 valence electrons. The summed E-state index contributed by atoms with van der Waals surface area (Å²) in [6, 6.07) is 4.32. The van der Waals surface area contributed by atoms with Crippen LogP contribution in [0.25, 0.3) is 0 Å². The summed E-state index contributed by atoms with van der Waals surface area (Å²) in [5.74, 6) is -1.11. The lowest BCUT2D eigenvalue weighted by Gasteiger charge is -2.07. The summed E-state index contributed by atoms with van der Waals surface area (Å²) < 4.78 is 1.74. The fraction of sp³-hybridized carbons (Fsp3) is 0.231. The molecule has 0 unspecified atom stereocenters. The first-order valence-corrected chi connectivity index (χ1v) is 6.27. The molecule has 0 aliphatic rings. The molecule has 0 spiro atoms. The van der Waals surface area contributed by atoms with Crippen LogP contribution in [0.1, 0.15) is 16.2 Å². The third-order valence-corrected chi connectivity index (χ3v) is 2.83. The highest BCUT2D eigenvalue weighted by Gasteiger charge is 2.06. The average molecular weight is 289 g/mol. The van der Waals surface area contributed by atoms with Gasteiger partial charge >= 0.3 is 12.0 Å². The van der Waals surface area contributed by atoms with Gasteiger partial charge in [-0.25, -0.2) is 14.6 Å². The van der Waals surface area contributed by atoms with Gasteiger partial charge in [0.05, 0.1) is 11.9 Å². The number of anilines is 1. The molecular formula is C13H15N5O3. The predicted octanol–water partition coefficient (Wildman–Crippen LogP) is 0.877. The Morgan fingerprint density at radius 1 is 1.33 bits per heavy atom. The number of aromatic carboxylic acids is 1. The van der Waals surface area contributed by atoms with Crippen LogP contribution >= 0.6 is 0 Å². The minimum atomic E-state index is -1.11. The van der Waals surface area contributed by atoms with Gasteiger partial charge in [-0.05, 0) is 18.2 Å². The summed E-state index contributed by atoms with van der Waals surface area (Å²) in [6.07, 6.45) is 3.66. The zero-order valence-corrected chi connectivity index (χ0v) is 11.4. The molecule has 3 N–H and O–H groups in total. The second-order valence-corrected chi connectivity index (χ2v) is 4.31. The van der Waals surface area contributed by atoms with Gasteiger partial charge < -0.3 is 15.7 Å². The number of hydrogen-bond acceptors (Lipinski definition) is 4. The highest BCUT2D eigenvalue weighted by molar-refractivity contribution is 5.90. The summed E-state index contributed by atoms with van der Waals surface area (Å²) in [5, 5.41) is 18.0. The lowest BCUT2D eigenvalue weighted by molar-refractivity contribution is 0.0690. The first-order chi connectivity index (χ1) is 10.1. The number of carbonyl (C=O) groups is 2. The highest BCUT2D eigenvalue weighted by atomic mass is 16.4. The van der Waals surface area contributed by atoms with Crippen LogP contribution in [0.4, 0.5) is 10.5 Å². The second-order valence-electron chi connectivity index (χ2n) is 4.31. The second kappa shape index (κ2) is 6.51. The van der Waals surface area contributed by atoms with E-state index in [2.05, 4.69) is 20.7 Å². The molecule has 0 aromatic carbocycles. The van der Waals surface area contributed by atoms with E-state index in [1.54, 1.807) is 10.9 Å². The first-order valence-electron chi connectivity index (χ1n) is 6.27. The average Bonchev–Trinajstić information content (AvgIpc) is 2.85. The van der Waals surface area contributed by atoms with Gasteiger partial charge in [-0.15, -0.1) is 0 Å². The minimum Gasteiger partial charge on any atom is -0.477 e. The summed E-state index contributed by atoms with van der Waals surface area (Å²) in [5.41, 5.74) is 1.37. The number of rotatable bonds is 5. The van der Waals surface area contributed by atoms with E-state index in [-0.39, 0.29) is 11.7 Å². The van der Waals surface area contributed by atoms with Gasteiger partial charge in [-0.3, -0.25) is 4.68 Å². The number of carboxylic acids is 1. The number of aryl methyl sites for hydroxylation is 1. The fourth-order valence-corrected chi connectivity index (χ4v) is 1.72. The zero-order valence-electron chi connectivity index (χ0n) is 11.4. The van der Waals surface area contributed by atoms with E-state index in [9.17, 15) is 9.59 Å². The molecule has 2 aromatic heterocycles. The molecule has 2 rings (SSSR count). The summed E-state index contributed by atoms with van der Waals surface area (Å²) in [4.78, 5) is 26.0. The lowest BCUT2D eigenvalue weighted by Crippen LogP contribution is -2.30. The van der Waals surface area contributed by atoms with Crippen LogP contribution in [0.2, 0.25) is 0 Å². The Balaban J connectivity index is 1.79. The van der Waals surface area contributed by atoms with Crippen molar-refractivity contribution in [2.45, 2.75) is 6.42 Å². The molecule has 0 fully saturated rings. The Kier molecular flexibility index (Phi) is 4.50. The summed E-state index contributed by atoms with van der Waals surface area (Å²) in [6.45, 7) is 0.464. The Morgan fingerprint density at radius 3 is 2.71 bits per heavy atom. The van der Waals surface area contributed by atoms with E-state index in [0.717, 1.165) is 5.69 Å². The quantitative estimate of drug-likeness (QED) is 0.757. The van der Waals surface area contributed by atoms with Gasteiger partial charge in [0, 0.05) is 31.9 Å². The van der Waals surface area contributed by atoms with Gasteiger partial charge in [-0.1, -0.05) is 0 Å². The van der Waals surface area contributed by atoms with Crippen molar-refractivity contribution in [3.05, 3.63) is 42.0 Å². The van der Waals surface area contributed by atoms with Crippen molar-refractivity contribution in [2.24, 2.45) is 7.05 Å². The minimum absolute atomic E-state index is 0.0721. The normalized spacial score (nSPS) is 10.1. The maximum Gasteiger partial charge on any atom is 0.354 e. The molecule has 8 heteroatoms. The molecule has 21 heavy (non-hydrogen) atoms. The molecular weight excluding hydrogens is 274 g/mol. The molecule has 2 heterocycles. The van der Waals surface area contributed by atoms with E-state index in [1.165, 1.54) is 18.3 Å². The summed E-state index contributed by atoms with van der Waals surface area (Å²) in [7, 11) is 1.84. The lowest BCUT2D eigenvalue weighted by atomic mass is 10.3. The Hall–Kier alpha value is -2.90. The van der Waals surface area contributed by atoms with E-state index in [0.29, 0.717) is 18.7 Å². The van der Waals surface area contributed by atoms with Crippen LogP contribution < -0.4 is 10.6 Å². The maximum absolute atomic E-state index is 11.7. The Bertz CT molecular complexity index is 636. The van der Waals surface area contributed by atoms with Crippen LogP contribution in [-0.4, -0.2) is 38.4 Å². The number of aromatic nitrogens is 3. The molecule has 0 aliphatic heterocycles. The number of nitrogens with zero attached hydrogens (tertiary/aromatic N) is 3. The molecule has 2 amide bonds. The largest absolute Gasteiger partial charge is 0.477 e. The van der Waals surface area contributed by atoms with Crippen molar-refractivity contribution >= 4 is 17.7 Å². The van der Waals surface area contributed by atoms with E-state index >= 15 is 0 Å². The predicted molar refractivity (Wildman–Crippen MR) is 75.1 cm³/mol. The molecule has 2 aromatic rings. The van der Waals surface area contributed by atoms with Gasteiger partial charge in [0.2, 0.25) is 0 Å². The van der Waals surface area contributed by atoms with Gasteiger partial charge in [0.1, 0.15) is 5.69 Å². The first kappa shape index (κ1) is 14.5. The van der Waals surface area contributed by atoms with Crippen LogP contribution in [0.5, 0.6) is 0 Å². The van der Waals surface area contributed by atoms with Crippen LogP contribution in [0.15, 0.2) is 30.6 Å². The topological polar surface area (TPSA) is 109 Å². The van der Waals surface area contributed by atoms with E-state index < -0.39 is 5.97 Å². The van der Waals surface area contributed by atoms with Crippen LogP contribution in [0, 0.1) is 0 Å². The van der Waals surface area contributed by atoms with Crippen molar-refractivity contribution in [2.75, 3.05) is 11.9 Å². The van der Waals surface area contributed by atoms with E-state index in [4.69, 9.17) is 5.11 Å². The number of amides is 2. The van der Waals surface area contributed by atoms with Crippen LogP contribution in [-0.2, 0) is 13.5 Å². The van der Waals surface area contributed by atoms with Crippen molar-refractivity contribution in [1.29, 1.82) is 0 Å². The number of carboxylic acid groups (broad SMARTS) is 1.